The molecule has 1 amide bonds. The standard InChI is InChI=1S/C19H16FN3O3S/c1-26-13-8-6-12(7-9-13)23-18(15-10-27(25)11-17(15)22-23)21-19(24)14-4-2-3-5-16(14)20/h2-9H,10-11H2,1H3,(H,21,24)/t27-/m0/s1. The van der Waals surface area contributed by atoms with Gasteiger partial charge < -0.3 is 10.1 Å². The molecule has 3 aromatic rings. The lowest BCUT2D eigenvalue weighted by molar-refractivity contribution is 0.102. The smallest absolute Gasteiger partial charge is 0.259 e. The van der Waals surface area contributed by atoms with Crippen LogP contribution in [0, 0.1) is 5.82 Å². The lowest BCUT2D eigenvalue weighted by atomic mass is 10.2. The van der Waals surface area contributed by atoms with E-state index >= 15 is 0 Å². The van der Waals surface area contributed by atoms with Gasteiger partial charge in [0.1, 0.15) is 17.4 Å². The molecule has 0 fully saturated rings. The molecule has 0 saturated carbocycles. The number of methoxy groups -OCH3 is 1. The van der Waals surface area contributed by atoms with Crippen LogP contribution in [0.5, 0.6) is 5.75 Å². The Bertz CT molecular complexity index is 1050. The van der Waals surface area contributed by atoms with Crippen molar-refractivity contribution in [2.45, 2.75) is 11.5 Å². The number of hydrogen-bond acceptors (Lipinski definition) is 4. The van der Waals surface area contributed by atoms with Crippen LogP contribution >= 0.6 is 0 Å². The topological polar surface area (TPSA) is 73.2 Å². The SMILES string of the molecule is COc1ccc(-n2nc3c(c2NC(=O)c2ccccc2F)C[S@](=O)C3)cc1. The molecular weight excluding hydrogens is 369 g/mol. The first-order valence-corrected chi connectivity index (χ1v) is 9.71. The summed E-state index contributed by atoms with van der Waals surface area (Å²) >= 11 is 0. The van der Waals surface area contributed by atoms with Crippen LogP contribution < -0.4 is 10.1 Å². The highest BCUT2D eigenvalue weighted by molar-refractivity contribution is 7.83. The van der Waals surface area contributed by atoms with Crippen molar-refractivity contribution in [3.8, 4) is 11.4 Å². The average molecular weight is 385 g/mol. The largest absolute Gasteiger partial charge is 0.497 e. The molecule has 2 aromatic carbocycles. The number of benzene rings is 2. The van der Waals surface area contributed by atoms with Crippen molar-refractivity contribution in [1.82, 2.24) is 9.78 Å². The van der Waals surface area contributed by atoms with Crippen LogP contribution in [-0.2, 0) is 22.3 Å². The van der Waals surface area contributed by atoms with Gasteiger partial charge in [0.2, 0.25) is 0 Å². The maximum absolute atomic E-state index is 14.0. The monoisotopic (exact) mass is 385 g/mol. The van der Waals surface area contributed by atoms with E-state index in [0.29, 0.717) is 40.0 Å². The summed E-state index contributed by atoms with van der Waals surface area (Å²) in [6.45, 7) is 0. The molecule has 0 saturated heterocycles. The molecular formula is C19H16FN3O3S. The summed E-state index contributed by atoms with van der Waals surface area (Å²) in [7, 11) is 0.523. The Labute approximate surface area is 157 Å². The summed E-state index contributed by atoms with van der Waals surface area (Å²) in [4.78, 5) is 12.6. The number of hydrogen-bond donors (Lipinski definition) is 1. The second-order valence-corrected chi connectivity index (χ2v) is 7.50. The van der Waals surface area contributed by atoms with Crippen molar-refractivity contribution >= 4 is 22.5 Å². The molecule has 27 heavy (non-hydrogen) atoms. The molecule has 0 unspecified atom stereocenters. The molecule has 2 heterocycles. The number of nitrogens with zero attached hydrogens (tertiary/aromatic N) is 2. The second kappa shape index (κ2) is 6.96. The van der Waals surface area contributed by atoms with E-state index in [2.05, 4.69) is 10.4 Å². The van der Waals surface area contributed by atoms with Crippen molar-refractivity contribution < 1.29 is 18.1 Å². The molecule has 6 nitrogen and oxygen atoms in total. The van der Waals surface area contributed by atoms with E-state index < -0.39 is 22.5 Å². The van der Waals surface area contributed by atoms with E-state index in [-0.39, 0.29) is 5.56 Å². The van der Waals surface area contributed by atoms with Gasteiger partial charge in [0.05, 0.1) is 35.6 Å². The Hall–Kier alpha value is -3.00. The number of fused-ring (bicyclic) bond motifs is 1. The Morgan fingerprint density at radius 3 is 2.63 bits per heavy atom. The molecule has 0 spiro atoms. The Morgan fingerprint density at radius 1 is 1.19 bits per heavy atom. The second-order valence-electron chi connectivity index (χ2n) is 6.05. The van der Waals surface area contributed by atoms with Crippen molar-refractivity contribution in [2.24, 2.45) is 0 Å². The summed E-state index contributed by atoms with van der Waals surface area (Å²) in [6, 6.07) is 12.9. The fraction of sp³-hybridized carbons (Fsp3) is 0.158. The van der Waals surface area contributed by atoms with E-state index in [1.165, 1.54) is 18.2 Å². The molecule has 4 rings (SSSR count). The Balaban J connectivity index is 1.75. The first-order valence-electron chi connectivity index (χ1n) is 8.23. The van der Waals surface area contributed by atoms with Crippen LogP contribution in [0.15, 0.2) is 48.5 Å². The third-order valence-corrected chi connectivity index (χ3v) is 5.54. The fourth-order valence-electron chi connectivity index (χ4n) is 2.99. The summed E-state index contributed by atoms with van der Waals surface area (Å²) in [5.74, 6) is 0.555. The van der Waals surface area contributed by atoms with Crippen molar-refractivity contribution in [3.05, 3.63) is 71.2 Å². The van der Waals surface area contributed by atoms with Crippen LogP contribution in [0.2, 0.25) is 0 Å². The number of ether oxygens (including phenoxy) is 1. The maximum Gasteiger partial charge on any atom is 0.259 e. The predicted octanol–water partition coefficient (Wildman–Crippen LogP) is 3.03. The number of halogens is 1. The van der Waals surface area contributed by atoms with Gasteiger partial charge in [0.15, 0.2) is 0 Å². The van der Waals surface area contributed by atoms with Gasteiger partial charge in [-0.15, -0.1) is 0 Å². The predicted molar refractivity (Wildman–Crippen MR) is 100 cm³/mol. The van der Waals surface area contributed by atoms with E-state index in [9.17, 15) is 13.4 Å². The van der Waals surface area contributed by atoms with Gasteiger partial charge >= 0.3 is 0 Å². The van der Waals surface area contributed by atoms with Crippen LogP contribution in [0.25, 0.3) is 5.69 Å². The molecule has 138 valence electrons. The number of aromatic nitrogens is 2. The van der Waals surface area contributed by atoms with Crippen molar-refractivity contribution in [1.29, 1.82) is 0 Å². The lowest BCUT2D eigenvalue weighted by Crippen LogP contribution is -2.17. The first kappa shape index (κ1) is 17.4. The van der Waals surface area contributed by atoms with Crippen LogP contribution in [0.4, 0.5) is 10.2 Å². The molecule has 0 bridgehead atoms. The summed E-state index contributed by atoms with van der Waals surface area (Å²) in [5.41, 5.74) is 2.04. The van der Waals surface area contributed by atoms with Crippen LogP contribution in [0.1, 0.15) is 21.6 Å². The number of nitrogens with one attached hydrogen (secondary N) is 1. The van der Waals surface area contributed by atoms with Gasteiger partial charge in [-0.2, -0.15) is 5.10 Å². The molecule has 1 aliphatic heterocycles. The molecule has 1 atom stereocenters. The van der Waals surface area contributed by atoms with Gasteiger partial charge in [-0.1, -0.05) is 12.1 Å². The van der Waals surface area contributed by atoms with Gasteiger partial charge in [-0.25, -0.2) is 9.07 Å². The number of amides is 1. The highest BCUT2D eigenvalue weighted by Gasteiger charge is 2.28. The molecule has 1 N–H and O–H groups in total. The van der Waals surface area contributed by atoms with E-state index in [1.54, 1.807) is 42.1 Å². The van der Waals surface area contributed by atoms with Gasteiger partial charge in [-0.05, 0) is 36.4 Å². The Kier molecular flexibility index (Phi) is 4.49. The number of rotatable bonds is 4. The minimum Gasteiger partial charge on any atom is -0.497 e. The van der Waals surface area contributed by atoms with Crippen LogP contribution in [0.3, 0.4) is 0 Å². The fourth-order valence-corrected chi connectivity index (χ4v) is 4.25. The Morgan fingerprint density at radius 2 is 1.93 bits per heavy atom. The summed E-state index contributed by atoms with van der Waals surface area (Å²) < 4.78 is 32.6. The van der Waals surface area contributed by atoms with Gasteiger partial charge in [-0.3, -0.25) is 9.00 Å². The minimum absolute atomic E-state index is 0.0622. The first-order chi connectivity index (χ1) is 13.1. The molecule has 0 aliphatic carbocycles. The third-order valence-electron chi connectivity index (χ3n) is 4.34. The normalized spacial score (nSPS) is 15.4. The van der Waals surface area contributed by atoms with Gasteiger partial charge in [0.25, 0.3) is 5.91 Å². The van der Waals surface area contributed by atoms with E-state index in [4.69, 9.17) is 4.74 Å². The highest BCUT2D eigenvalue weighted by Crippen LogP contribution is 2.32. The molecule has 1 aliphatic rings. The molecule has 8 heteroatoms. The summed E-state index contributed by atoms with van der Waals surface area (Å²) in [6.07, 6.45) is 0. The van der Waals surface area contributed by atoms with Gasteiger partial charge in [0, 0.05) is 16.4 Å². The minimum atomic E-state index is -1.05. The maximum atomic E-state index is 14.0. The summed E-state index contributed by atoms with van der Waals surface area (Å²) in [5, 5.41) is 7.26. The van der Waals surface area contributed by atoms with E-state index in [1.807, 2.05) is 0 Å². The van der Waals surface area contributed by atoms with Crippen LogP contribution in [-0.4, -0.2) is 27.0 Å². The molecule has 0 radical (unpaired) electrons. The highest BCUT2D eigenvalue weighted by atomic mass is 32.2. The van der Waals surface area contributed by atoms with E-state index in [0.717, 1.165) is 0 Å². The number of carbonyl (C=O) groups excluding carboxylic acids is 1. The zero-order chi connectivity index (χ0) is 19.0. The third kappa shape index (κ3) is 3.23. The zero-order valence-electron chi connectivity index (χ0n) is 14.4. The number of anilines is 1. The molecule has 1 aromatic heterocycles. The quantitative estimate of drug-likeness (QED) is 0.749. The lowest BCUT2D eigenvalue weighted by Gasteiger charge is -2.12. The average Bonchev–Trinajstić information content (AvgIpc) is 3.19. The van der Waals surface area contributed by atoms with Crippen molar-refractivity contribution in [3.63, 3.8) is 0 Å². The van der Waals surface area contributed by atoms with Crippen molar-refractivity contribution in [2.75, 3.05) is 12.4 Å². The number of carbonyl (C=O) groups is 1. The zero-order valence-corrected chi connectivity index (χ0v) is 15.3.